The highest BCUT2D eigenvalue weighted by Gasteiger charge is 2.15. The lowest BCUT2D eigenvalue weighted by Gasteiger charge is -2.03. The Morgan fingerprint density at radius 2 is 2.22 bits per heavy atom. The third-order valence-corrected chi connectivity index (χ3v) is 3.69. The van der Waals surface area contributed by atoms with Gasteiger partial charge in [-0.25, -0.2) is 4.39 Å². The molecule has 0 amide bonds. The van der Waals surface area contributed by atoms with Crippen molar-refractivity contribution in [1.82, 2.24) is 10.2 Å². The van der Waals surface area contributed by atoms with Crippen molar-refractivity contribution in [2.75, 3.05) is 7.11 Å². The van der Waals surface area contributed by atoms with Gasteiger partial charge in [0.25, 0.3) is 0 Å². The van der Waals surface area contributed by atoms with E-state index >= 15 is 0 Å². The van der Waals surface area contributed by atoms with E-state index in [1.165, 1.54) is 24.5 Å². The van der Waals surface area contributed by atoms with Crippen molar-refractivity contribution in [2.45, 2.75) is 19.4 Å². The van der Waals surface area contributed by atoms with Gasteiger partial charge in [0, 0.05) is 11.6 Å². The summed E-state index contributed by atoms with van der Waals surface area (Å²) >= 11 is 1.32. The second kappa shape index (κ2) is 5.41. The topological polar surface area (TPSA) is 61.0 Å². The van der Waals surface area contributed by atoms with Crippen molar-refractivity contribution in [1.29, 1.82) is 0 Å². The minimum atomic E-state index is -0.373. The Labute approximate surface area is 109 Å². The first-order valence-corrected chi connectivity index (χ1v) is 6.40. The summed E-state index contributed by atoms with van der Waals surface area (Å²) < 4.78 is 18.8. The molecule has 96 valence electrons. The van der Waals surface area contributed by atoms with E-state index in [1.807, 2.05) is 6.92 Å². The average molecular weight is 267 g/mol. The molecule has 2 N–H and O–H groups in total. The second-order valence-electron chi connectivity index (χ2n) is 3.81. The van der Waals surface area contributed by atoms with Crippen LogP contribution in [0.2, 0.25) is 0 Å². The summed E-state index contributed by atoms with van der Waals surface area (Å²) in [7, 11) is 1.50. The van der Waals surface area contributed by atoms with Crippen LogP contribution in [0.4, 0.5) is 4.39 Å². The molecule has 0 aliphatic rings. The first-order valence-electron chi connectivity index (χ1n) is 5.58. The Bertz CT molecular complexity index is 544. The summed E-state index contributed by atoms with van der Waals surface area (Å²) in [6, 6.07) is 4.52. The number of ether oxygens (including phenoxy) is 1. The molecule has 1 atom stereocenters. The highest BCUT2D eigenvalue weighted by atomic mass is 32.1. The lowest BCUT2D eigenvalue weighted by atomic mass is 10.2. The van der Waals surface area contributed by atoms with E-state index in [9.17, 15) is 4.39 Å². The predicted molar refractivity (Wildman–Crippen MR) is 69.1 cm³/mol. The van der Waals surface area contributed by atoms with Crippen LogP contribution in [0.3, 0.4) is 0 Å². The molecule has 18 heavy (non-hydrogen) atoms. The summed E-state index contributed by atoms with van der Waals surface area (Å²) in [5.74, 6) is 0.105. The molecule has 0 aliphatic heterocycles. The van der Waals surface area contributed by atoms with E-state index < -0.39 is 0 Å². The van der Waals surface area contributed by atoms with Crippen LogP contribution in [0.1, 0.15) is 24.4 Å². The number of nitrogens with two attached hydrogens (primary N) is 1. The molecule has 0 radical (unpaired) electrons. The Morgan fingerprint density at radius 1 is 1.44 bits per heavy atom. The molecule has 0 bridgehead atoms. The third kappa shape index (κ3) is 2.49. The Hall–Kier alpha value is -1.53. The van der Waals surface area contributed by atoms with E-state index in [0.717, 1.165) is 11.4 Å². The van der Waals surface area contributed by atoms with Gasteiger partial charge in [0.05, 0.1) is 13.2 Å². The summed E-state index contributed by atoms with van der Waals surface area (Å²) in [6.07, 6.45) is 0.778. The molecule has 2 rings (SSSR count). The lowest BCUT2D eigenvalue weighted by Crippen LogP contribution is -2.07. The molecule has 0 saturated carbocycles. The zero-order valence-corrected chi connectivity index (χ0v) is 11.0. The molecule has 1 heterocycles. The Morgan fingerprint density at radius 3 is 2.83 bits per heavy atom. The number of benzene rings is 1. The van der Waals surface area contributed by atoms with Crippen molar-refractivity contribution in [2.24, 2.45) is 5.73 Å². The number of rotatable bonds is 4. The van der Waals surface area contributed by atoms with Crippen LogP contribution in [0.25, 0.3) is 10.6 Å². The third-order valence-electron chi connectivity index (χ3n) is 2.60. The van der Waals surface area contributed by atoms with E-state index in [-0.39, 0.29) is 11.9 Å². The van der Waals surface area contributed by atoms with Gasteiger partial charge in [-0.1, -0.05) is 18.3 Å². The lowest BCUT2D eigenvalue weighted by molar-refractivity contribution is 0.411. The summed E-state index contributed by atoms with van der Waals surface area (Å²) in [4.78, 5) is 0. The normalized spacial score (nSPS) is 12.4. The maximum absolute atomic E-state index is 13.8. The highest BCUT2D eigenvalue weighted by molar-refractivity contribution is 7.14. The van der Waals surface area contributed by atoms with Gasteiger partial charge >= 0.3 is 0 Å². The summed E-state index contributed by atoms with van der Waals surface area (Å²) in [5.41, 5.74) is 6.28. The molecular weight excluding hydrogens is 253 g/mol. The van der Waals surface area contributed by atoms with Crippen LogP contribution in [-0.2, 0) is 0 Å². The zero-order chi connectivity index (χ0) is 13.1. The fourth-order valence-corrected chi connectivity index (χ4v) is 2.42. The number of hydrogen-bond acceptors (Lipinski definition) is 5. The maximum Gasteiger partial charge on any atom is 0.150 e. The smallest absolute Gasteiger partial charge is 0.150 e. The van der Waals surface area contributed by atoms with E-state index in [0.29, 0.717) is 16.3 Å². The van der Waals surface area contributed by atoms with Crippen LogP contribution in [0, 0.1) is 5.82 Å². The minimum absolute atomic E-state index is 0.141. The molecule has 1 aromatic carbocycles. The van der Waals surface area contributed by atoms with Crippen molar-refractivity contribution in [3.63, 3.8) is 0 Å². The molecular formula is C12H14FN3OS. The van der Waals surface area contributed by atoms with Crippen molar-refractivity contribution in [3.05, 3.63) is 29.0 Å². The van der Waals surface area contributed by atoms with Crippen molar-refractivity contribution in [3.8, 4) is 16.3 Å². The number of hydrogen-bond donors (Lipinski definition) is 1. The largest absolute Gasteiger partial charge is 0.497 e. The molecule has 6 heteroatoms. The fraction of sp³-hybridized carbons (Fsp3) is 0.333. The minimum Gasteiger partial charge on any atom is -0.497 e. The van der Waals surface area contributed by atoms with Gasteiger partial charge in [-0.05, 0) is 18.6 Å². The fourth-order valence-electron chi connectivity index (χ4n) is 1.46. The molecule has 0 aliphatic carbocycles. The van der Waals surface area contributed by atoms with Gasteiger partial charge in [-0.3, -0.25) is 0 Å². The SMILES string of the molecule is CCC(N)c1nnc(-c2ccc(OC)cc2F)s1. The van der Waals surface area contributed by atoms with Gasteiger partial charge in [0.1, 0.15) is 16.6 Å². The highest BCUT2D eigenvalue weighted by Crippen LogP contribution is 2.30. The molecule has 1 unspecified atom stereocenters. The van der Waals surface area contributed by atoms with Crippen LogP contribution in [-0.4, -0.2) is 17.3 Å². The molecule has 0 saturated heterocycles. The first kappa shape index (κ1) is 12.9. The molecule has 4 nitrogen and oxygen atoms in total. The van der Waals surface area contributed by atoms with Crippen LogP contribution in [0.5, 0.6) is 5.75 Å². The van der Waals surface area contributed by atoms with Crippen molar-refractivity contribution >= 4 is 11.3 Å². The zero-order valence-electron chi connectivity index (χ0n) is 10.2. The van der Waals surface area contributed by atoms with Crippen LogP contribution >= 0.6 is 11.3 Å². The average Bonchev–Trinajstić information content (AvgIpc) is 2.87. The molecule has 1 aromatic heterocycles. The maximum atomic E-state index is 13.8. The monoisotopic (exact) mass is 267 g/mol. The summed E-state index contributed by atoms with van der Waals surface area (Å²) in [6.45, 7) is 1.97. The van der Waals surface area contributed by atoms with Gasteiger partial charge in [-0.2, -0.15) is 0 Å². The number of methoxy groups -OCH3 is 1. The van der Waals surface area contributed by atoms with Crippen LogP contribution < -0.4 is 10.5 Å². The number of nitrogens with zero attached hydrogens (tertiary/aromatic N) is 2. The van der Waals surface area contributed by atoms with Crippen molar-refractivity contribution < 1.29 is 9.13 Å². The van der Waals surface area contributed by atoms with Gasteiger partial charge < -0.3 is 10.5 Å². The van der Waals surface area contributed by atoms with E-state index in [1.54, 1.807) is 12.1 Å². The summed E-state index contributed by atoms with van der Waals surface area (Å²) in [5, 5.41) is 9.23. The quantitative estimate of drug-likeness (QED) is 0.925. The van der Waals surface area contributed by atoms with E-state index in [2.05, 4.69) is 10.2 Å². The number of halogens is 1. The standard InChI is InChI=1S/C12H14FN3OS/c1-3-10(14)12-16-15-11(18-12)8-5-4-7(17-2)6-9(8)13/h4-6,10H,3,14H2,1-2H3. The van der Waals surface area contributed by atoms with Gasteiger partial charge in [0.2, 0.25) is 0 Å². The van der Waals surface area contributed by atoms with Gasteiger partial charge in [0.15, 0.2) is 5.01 Å². The second-order valence-corrected chi connectivity index (χ2v) is 4.82. The van der Waals surface area contributed by atoms with Crippen LogP contribution in [0.15, 0.2) is 18.2 Å². The predicted octanol–water partition coefficient (Wildman–Crippen LogP) is 2.76. The number of aromatic nitrogens is 2. The van der Waals surface area contributed by atoms with Gasteiger partial charge in [-0.15, -0.1) is 10.2 Å². The Kier molecular flexibility index (Phi) is 3.88. The first-order chi connectivity index (χ1) is 8.65. The molecule has 2 aromatic rings. The molecule has 0 fully saturated rings. The Balaban J connectivity index is 2.34. The van der Waals surface area contributed by atoms with E-state index in [4.69, 9.17) is 10.5 Å². The molecule has 0 spiro atoms.